The topological polar surface area (TPSA) is 55.4 Å². The Kier molecular flexibility index (Phi) is 5.13. The summed E-state index contributed by atoms with van der Waals surface area (Å²) in [5, 5.41) is 0. The van der Waals surface area contributed by atoms with Crippen LogP contribution in [0.5, 0.6) is 0 Å². The van der Waals surface area contributed by atoms with Gasteiger partial charge in [-0.3, -0.25) is 9.79 Å². The number of allylic oxidation sites excluding steroid dienone is 2. The molecular formula is C22H24N2O. The first kappa shape index (κ1) is 17.2. The van der Waals surface area contributed by atoms with Crippen molar-refractivity contribution < 1.29 is 4.79 Å². The van der Waals surface area contributed by atoms with E-state index >= 15 is 0 Å². The van der Waals surface area contributed by atoms with E-state index in [1.54, 1.807) is 6.07 Å². The van der Waals surface area contributed by atoms with Crippen molar-refractivity contribution in [3.63, 3.8) is 0 Å². The van der Waals surface area contributed by atoms with E-state index in [0.717, 1.165) is 30.5 Å². The summed E-state index contributed by atoms with van der Waals surface area (Å²) < 4.78 is 0. The van der Waals surface area contributed by atoms with Crippen molar-refractivity contribution in [1.29, 1.82) is 0 Å². The summed E-state index contributed by atoms with van der Waals surface area (Å²) in [5.74, 6) is -0.395. The molecule has 1 atom stereocenters. The number of primary amides is 1. The maximum absolute atomic E-state index is 11.6. The van der Waals surface area contributed by atoms with Crippen LogP contribution in [-0.2, 0) is 0 Å². The highest BCUT2D eigenvalue weighted by molar-refractivity contribution is 5.93. The maximum atomic E-state index is 11.6. The molecule has 0 bridgehead atoms. The molecule has 0 spiro atoms. The van der Waals surface area contributed by atoms with Gasteiger partial charge in [-0.25, -0.2) is 0 Å². The lowest BCUT2D eigenvalue weighted by molar-refractivity contribution is 0.1000. The number of nitrogens with two attached hydrogens (primary N) is 1. The summed E-state index contributed by atoms with van der Waals surface area (Å²) >= 11 is 0. The number of benzene rings is 2. The zero-order valence-electron chi connectivity index (χ0n) is 14.8. The van der Waals surface area contributed by atoms with E-state index in [4.69, 9.17) is 10.7 Å². The van der Waals surface area contributed by atoms with Gasteiger partial charge in [-0.05, 0) is 67.5 Å². The molecule has 1 aliphatic heterocycles. The van der Waals surface area contributed by atoms with Crippen LogP contribution in [0, 0.1) is 13.8 Å². The molecule has 1 amide bonds. The average Bonchev–Trinajstić information content (AvgIpc) is 2.88. The number of hydrogen-bond donors (Lipinski definition) is 1. The summed E-state index contributed by atoms with van der Waals surface area (Å²) in [7, 11) is 0. The molecule has 0 saturated heterocycles. The van der Waals surface area contributed by atoms with Gasteiger partial charge < -0.3 is 5.73 Å². The van der Waals surface area contributed by atoms with Crippen molar-refractivity contribution in [2.24, 2.45) is 10.7 Å². The third-order valence-electron chi connectivity index (χ3n) is 4.89. The molecule has 0 saturated carbocycles. The fourth-order valence-corrected chi connectivity index (χ4v) is 3.34. The molecule has 128 valence electrons. The molecule has 0 radical (unpaired) electrons. The molecule has 1 heterocycles. The normalized spacial score (nSPS) is 15.4. The summed E-state index contributed by atoms with van der Waals surface area (Å²) in [6.07, 6.45) is 7.38. The minimum atomic E-state index is -0.403. The van der Waals surface area contributed by atoms with Gasteiger partial charge in [-0.1, -0.05) is 36.4 Å². The zero-order valence-corrected chi connectivity index (χ0v) is 14.8. The van der Waals surface area contributed by atoms with Crippen molar-refractivity contribution in [1.82, 2.24) is 0 Å². The van der Waals surface area contributed by atoms with E-state index in [-0.39, 0.29) is 5.92 Å². The molecule has 0 fully saturated rings. The second kappa shape index (κ2) is 7.47. The molecular weight excluding hydrogens is 308 g/mol. The van der Waals surface area contributed by atoms with Gasteiger partial charge in [0.2, 0.25) is 5.91 Å². The average molecular weight is 332 g/mol. The third-order valence-corrected chi connectivity index (χ3v) is 4.89. The molecule has 0 aliphatic carbocycles. The molecule has 2 aromatic carbocycles. The fourth-order valence-electron chi connectivity index (χ4n) is 3.34. The lowest BCUT2D eigenvalue weighted by Gasteiger charge is -2.22. The van der Waals surface area contributed by atoms with Gasteiger partial charge in [0.05, 0.1) is 5.92 Å². The molecule has 3 nitrogen and oxygen atoms in total. The number of hydrogen-bond acceptors (Lipinski definition) is 2. The van der Waals surface area contributed by atoms with Gasteiger partial charge in [0, 0.05) is 17.5 Å². The minimum Gasteiger partial charge on any atom is -0.366 e. The van der Waals surface area contributed by atoms with E-state index < -0.39 is 5.91 Å². The SMILES string of the molecule is Cc1cccc(C(C2=CCCCC=N2)c2cccc(C(N)=O)c2)c1C. The van der Waals surface area contributed by atoms with Crippen LogP contribution in [0.25, 0.3) is 0 Å². The maximum Gasteiger partial charge on any atom is 0.248 e. The first-order chi connectivity index (χ1) is 12.1. The summed E-state index contributed by atoms with van der Waals surface area (Å²) in [5.41, 5.74) is 11.9. The Hall–Kier alpha value is -2.68. The van der Waals surface area contributed by atoms with Gasteiger partial charge in [0.15, 0.2) is 0 Å². The van der Waals surface area contributed by atoms with Crippen LogP contribution in [0.15, 0.2) is 59.2 Å². The molecule has 2 aromatic rings. The predicted octanol–water partition coefficient (Wildman–Crippen LogP) is 4.67. The van der Waals surface area contributed by atoms with Crippen LogP contribution < -0.4 is 5.73 Å². The number of amides is 1. The van der Waals surface area contributed by atoms with Crippen LogP contribution in [0.4, 0.5) is 0 Å². The Balaban J connectivity index is 2.18. The van der Waals surface area contributed by atoms with Crippen molar-refractivity contribution in [3.8, 4) is 0 Å². The number of nitrogens with zero attached hydrogens (tertiary/aromatic N) is 1. The minimum absolute atomic E-state index is 0.00792. The molecule has 1 unspecified atom stereocenters. The van der Waals surface area contributed by atoms with Crippen LogP contribution in [0.2, 0.25) is 0 Å². The lowest BCUT2D eigenvalue weighted by atomic mass is 9.84. The number of rotatable bonds is 4. The van der Waals surface area contributed by atoms with Crippen molar-refractivity contribution in [3.05, 3.63) is 82.1 Å². The molecule has 3 heteroatoms. The second-order valence-corrected chi connectivity index (χ2v) is 6.58. The molecule has 25 heavy (non-hydrogen) atoms. The van der Waals surface area contributed by atoms with E-state index in [0.29, 0.717) is 5.56 Å². The van der Waals surface area contributed by atoms with Crippen LogP contribution in [0.3, 0.4) is 0 Å². The number of aryl methyl sites for hydroxylation is 1. The summed E-state index contributed by atoms with van der Waals surface area (Å²) in [6, 6.07) is 14.0. The van der Waals surface area contributed by atoms with Gasteiger partial charge in [0.25, 0.3) is 0 Å². The molecule has 3 rings (SSSR count). The molecule has 0 aromatic heterocycles. The highest BCUT2D eigenvalue weighted by Crippen LogP contribution is 2.36. The van der Waals surface area contributed by atoms with E-state index in [9.17, 15) is 4.79 Å². The largest absolute Gasteiger partial charge is 0.366 e. The number of carbonyl (C=O) groups excluding carboxylic acids is 1. The summed E-state index contributed by atoms with van der Waals surface area (Å²) in [6.45, 7) is 4.27. The number of carbonyl (C=O) groups is 1. The monoisotopic (exact) mass is 332 g/mol. The smallest absolute Gasteiger partial charge is 0.248 e. The van der Waals surface area contributed by atoms with E-state index in [2.05, 4.69) is 44.2 Å². The third kappa shape index (κ3) is 3.71. The van der Waals surface area contributed by atoms with Gasteiger partial charge in [-0.2, -0.15) is 0 Å². The van der Waals surface area contributed by atoms with Gasteiger partial charge >= 0.3 is 0 Å². The standard InChI is InChI=1S/C22H24N2O/c1-15-8-6-11-19(16(15)2)21(20-12-4-3-5-13-24-20)17-9-7-10-18(14-17)22(23)25/h6-14,21H,3-5H2,1-2H3,(H2,23,25). The molecule has 1 aliphatic rings. The predicted molar refractivity (Wildman–Crippen MR) is 103 cm³/mol. The molecule has 2 N–H and O–H groups in total. The van der Waals surface area contributed by atoms with Crippen LogP contribution in [0.1, 0.15) is 57.8 Å². The second-order valence-electron chi connectivity index (χ2n) is 6.58. The first-order valence-corrected chi connectivity index (χ1v) is 8.76. The Morgan fingerprint density at radius 2 is 1.92 bits per heavy atom. The van der Waals surface area contributed by atoms with E-state index in [1.807, 2.05) is 18.3 Å². The highest BCUT2D eigenvalue weighted by Gasteiger charge is 2.22. The quantitative estimate of drug-likeness (QED) is 0.869. The Morgan fingerprint density at radius 1 is 1.12 bits per heavy atom. The Bertz CT molecular complexity index is 849. The highest BCUT2D eigenvalue weighted by atomic mass is 16.1. The zero-order chi connectivity index (χ0) is 17.8. The van der Waals surface area contributed by atoms with Crippen molar-refractivity contribution in [2.75, 3.05) is 0 Å². The lowest BCUT2D eigenvalue weighted by Crippen LogP contribution is -2.13. The fraction of sp³-hybridized carbons (Fsp3) is 0.273. The Labute approximate surface area is 149 Å². The van der Waals surface area contributed by atoms with Crippen LogP contribution >= 0.6 is 0 Å². The summed E-state index contributed by atoms with van der Waals surface area (Å²) in [4.78, 5) is 16.4. The van der Waals surface area contributed by atoms with E-state index in [1.165, 1.54) is 16.7 Å². The van der Waals surface area contributed by atoms with Crippen LogP contribution in [-0.4, -0.2) is 12.1 Å². The van der Waals surface area contributed by atoms with Crippen molar-refractivity contribution in [2.45, 2.75) is 39.0 Å². The number of aliphatic imine (C=N–C) groups is 1. The van der Waals surface area contributed by atoms with Gasteiger partial charge in [0.1, 0.15) is 0 Å². The van der Waals surface area contributed by atoms with Gasteiger partial charge in [-0.15, -0.1) is 0 Å². The van der Waals surface area contributed by atoms with Crippen molar-refractivity contribution >= 4 is 12.1 Å². The Morgan fingerprint density at radius 3 is 2.72 bits per heavy atom. The first-order valence-electron chi connectivity index (χ1n) is 8.76.